The molecule has 0 aliphatic heterocycles. The first-order valence-corrected chi connectivity index (χ1v) is 12.1. The van der Waals surface area contributed by atoms with Crippen LogP contribution in [0.4, 0.5) is 0 Å². The molecule has 3 aromatic carbocycles. The van der Waals surface area contributed by atoms with Gasteiger partial charge in [-0.3, -0.25) is 4.40 Å². The summed E-state index contributed by atoms with van der Waals surface area (Å²) in [6.45, 7) is 0. The number of rotatable bonds is 2. The number of fused-ring (bicyclic) bond motifs is 6. The maximum Gasteiger partial charge on any atom is 0.234 e. The van der Waals surface area contributed by atoms with E-state index in [4.69, 9.17) is 4.42 Å². The van der Waals surface area contributed by atoms with Crippen molar-refractivity contribution in [3.05, 3.63) is 128 Å². The Morgan fingerprint density at radius 1 is 0.692 bits per heavy atom. The third-order valence-electron chi connectivity index (χ3n) is 6.33. The molecule has 0 atom stereocenters. The van der Waals surface area contributed by atoms with E-state index in [0.717, 1.165) is 55.5 Å². The van der Waals surface area contributed by atoms with E-state index in [2.05, 4.69) is 38.1 Å². The summed E-state index contributed by atoms with van der Waals surface area (Å²) in [5, 5.41) is 2.14. The average Bonchev–Trinajstić information content (AvgIpc) is 3.57. The number of furan rings is 1. The van der Waals surface area contributed by atoms with Crippen molar-refractivity contribution in [2.75, 3.05) is 0 Å². The zero-order valence-corrected chi connectivity index (χ0v) is 22.8. The topological polar surface area (TPSA) is 69.1 Å². The second-order valence-electron chi connectivity index (χ2n) is 8.61. The third kappa shape index (κ3) is 4.48. The van der Waals surface area contributed by atoms with Crippen molar-refractivity contribution in [1.29, 1.82) is 0 Å². The van der Waals surface area contributed by atoms with Gasteiger partial charge < -0.3 is 14.4 Å². The minimum absolute atomic E-state index is 0. The number of hydrogen-bond acceptors (Lipinski definition) is 5. The summed E-state index contributed by atoms with van der Waals surface area (Å²) in [7, 11) is 0. The van der Waals surface area contributed by atoms with Crippen molar-refractivity contribution in [1.82, 2.24) is 24.3 Å². The van der Waals surface area contributed by atoms with Gasteiger partial charge in [-0.1, -0.05) is 41.3 Å². The molecule has 189 valence electrons. The predicted molar refractivity (Wildman–Crippen MR) is 148 cm³/mol. The van der Waals surface area contributed by atoms with Gasteiger partial charge in [-0.25, -0.2) is 9.97 Å². The Bertz CT molecular complexity index is 1890. The largest absolute Gasteiger partial charge is 0.501 e. The second kappa shape index (κ2) is 10.6. The normalized spacial score (nSPS) is 10.9. The fourth-order valence-electron chi connectivity index (χ4n) is 4.61. The molecule has 0 N–H and O–H groups in total. The number of nitrogens with zero attached hydrogens (tertiary/aromatic N) is 5. The molecule has 8 rings (SSSR count). The summed E-state index contributed by atoms with van der Waals surface area (Å²) in [5.74, 6) is 0.647. The molecule has 5 aromatic heterocycles. The van der Waals surface area contributed by atoms with Gasteiger partial charge in [0.2, 0.25) is 5.78 Å². The van der Waals surface area contributed by atoms with Crippen LogP contribution in [0.15, 0.2) is 120 Å². The van der Waals surface area contributed by atoms with Gasteiger partial charge in [-0.05, 0) is 30.0 Å². The van der Waals surface area contributed by atoms with Crippen molar-refractivity contribution in [2.45, 2.75) is 0 Å². The smallest absolute Gasteiger partial charge is 0.234 e. The van der Waals surface area contributed by atoms with Crippen LogP contribution in [0.25, 0.3) is 61.3 Å². The van der Waals surface area contributed by atoms with Crippen LogP contribution in [-0.2, 0) is 20.1 Å². The Labute approximate surface area is 237 Å². The standard InChI is InChI=1S/C21H11N4O.C11H8N.Ir/c1-2-8-17-13(5-1)14-6-3-7-15(20(14)26-17)18-19-16(9-11-22-18)25-12-4-10-23-21(25)24-19;1-2-6-10(7-3-1)11-8-4-5-9-12-11;/h1-6,8-12H;1-6,8-9H;/q2*-1;. The molecular formula is C32H19IrN5O-2. The van der Waals surface area contributed by atoms with E-state index in [1.807, 2.05) is 95.5 Å². The Balaban J connectivity index is 0.000000180. The molecular weight excluding hydrogens is 663 g/mol. The molecule has 0 saturated carbocycles. The molecule has 0 aliphatic rings. The van der Waals surface area contributed by atoms with Crippen LogP contribution < -0.4 is 0 Å². The molecule has 7 heteroatoms. The van der Waals surface area contributed by atoms with Crippen LogP contribution in [-0.4, -0.2) is 24.3 Å². The summed E-state index contributed by atoms with van der Waals surface area (Å²) in [4.78, 5) is 17.8. The zero-order chi connectivity index (χ0) is 25.3. The van der Waals surface area contributed by atoms with E-state index in [1.54, 1.807) is 18.6 Å². The minimum Gasteiger partial charge on any atom is -0.501 e. The maximum absolute atomic E-state index is 6.14. The Morgan fingerprint density at radius 2 is 1.56 bits per heavy atom. The van der Waals surface area contributed by atoms with E-state index in [1.165, 1.54) is 0 Å². The molecule has 0 aliphatic carbocycles. The molecule has 8 aromatic rings. The van der Waals surface area contributed by atoms with Gasteiger partial charge in [-0.15, -0.1) is 54.1 Å². The quantitative estimate of drug-likeness (QED) is 0.181. The fraction of sp³-hybridized carbons (Fsp3) is 0. The Hall–Kier alpha value is -4.71. The summed E-state index contributed by atoms with van der Waals surface area (Å²) < 4.78 is 8.10. The van der Waals surface area contributed by atoms with Crippen LogP contribution >= 0.6 is 0 Å². The number of pyridine rings is 2. The number of imidazole rings is 1. The maximum atomic E-state index is 6.14. The van der Waals surface area contributed by atoms with Gasteiger partial charge in [0.1, 0.15) is 5.58 Å². The molecule has 0 saturated heterocycles. The number of hydrogen-bond donors (Lipinski definition) is 0. The number of para-hydroxylation sites is 1. The van der Waals surface area contributed by atoms with Crippen LogP contribution in [0.2, 0.25) is 0 Å². The van der Waals surface area contributed by atoms with Gasteiger partial charge >= 0.3 is 0 Å². The van der Waals surface area contributed by atoms with Crippen LogP contribution in [0.1, 0.15) is 0 Å². The first kappa shape index (κ1) is 24.6. The number of aromatic nitrogens is 5. The molecule has 5 heterocycles. The van der Waals surface area contributed by atoms with Gasteiger partial charge in [0, 0.05) is 56.0 Å². The van der Waals surface area contributed by atoms with Gasteiger partial charge in [-0.2, -0.15) is 0 Å². The SMILES string of the molecule is [Ir].[c-]1ccc2c(oc3ccccc32)c1-c1nccc2c1nc1ncccn12.[c-]1ccccc1-c1ccccn1. The van der Waals surface area contributed by atoms with Crippen LogP contribution in [0, 0.1) is 12.1 Å². The molecule has 1 radical (unpaired) electrons. The van der Waals surface area contributed by atoms with Crippen LogP contribution in [0.3, 0.4) is 0 Å². The van der Waals surface area contributed by atoms with E-state index < -0.39 is 0 Å². The first-order valence-electron chi connectivity index (χ1n) is 12.1. The van der Waals surface area contributed by atoms with Crippen LogP contribution in [0.5, 0.6) is 0 Å². The second-order valence-corrected chi connectivity index (χ2v) is 8.61. The molecule has 39 heavy (non-hydrogen) atoms. The minimum atomic E-state index is 0. The van der Waals surface area contributed by atoms with E-state index in [0.29, 0.717) is 5.78 Å². The van der Waals surface area contributed by atoms with Crippen molar-refractivity contribution >= 4 is 38.7 Å². The molecule has 0 bridgehead atoms. The number of benzene rings is 3. The Kier molecular flexibility index (Phi) is 6.67. The van der Waals surface area contributed by atoms with Gasteiger partial charge in [0.05, 0.1) is 16.6 Å². The average molecular weight is 682 g/mol. The fourth-order valence-corrected chi connectivity index (χ4v) is 4.61. The van der Waals surface area contributed by atoms with E-state index in [-0.39, 0.29) is 20.1 Å². The summed E-state index contributed by atoms with van der Waals surface area (Å²) in [6, 6.07) is 35.9. The van der Waals surface area contributed by atoms with Crippen molar-refractivity contribution < 1.29 is 24.5 Å². The van der Waals surface area contributed by atoms with Crippen molar-refractivity contribution in [3.8, 4) is 22.5 Å². The summed E-state index contributed by atoms with van der Waals surface area (Å²) in [5.41, 5.74) is 6.95. The zero-order valence-electron chi connectivity index (χ0n) is 20.4. The van der Waals surface area contributed by atoms with Crippen molar-refractivity contribution in [3.63, 3.8) is 0 Å². The third-order valence-corrected chi connectivity index (χ3v) is 6.33. The predicted octanol–water partition coefficient (Wildman–Crippen LogP) is 7.19. The van der Waals surface area contributed by atoms with Gasteiger partial charge in [0.25, 0.3) is 0 Å². The van der Waals surface area contributed by atoms with Gasteiger partial charge in [0.15, 0.2) is 0 Å². The Morgan fingerprint density at radius 3 is 2.44 bits per heavy atom. The molecule has 6 nitrogen and oxygen atoms in total. The monoisotopic (exact) mass is 682 g/mol. The molecule has 0 unspecified atom stereocenters. The summed E-state index contributed by atoms with van der Waals surface area (Å²) >= 11 is 0. The molecule has 0 fully saturated rings. The van der Waals surface area contributed by atoms with Crippen molar-refractivity contribution in [2.24, 2.45) is 0 Å². The van der Waals surface area contributed by atoms with E-state index in [9.17, 15) is 0 Å². The summed E-state index contributed by atoms with van der Waals surface area (Å²) in [6.07, 6.45) is 7.26. The first-order chi connectivity index (χ1) is 18.9. The molecule has 0 spiro atoms. The van der Waals surface area contributed by atoms with E-state index >= 15 is 0 Å². The molecule has 0 amide bonds.